The average molecular weight is 496 g/mol. The van der Waals surface area contributed by atoms with E-state index in [-0.39, 0.29) is 11.9 Å². The molecule has 1 saturated heterocycles. The second-order valence-corrected chi connectivity index (χ2v) is 8.99. The SMILES string of the molecule is Cc1cncc(C(=O)Nc2cccc([C@H](C)Nc3cncc(-c4ccc(N5CCOCC5)nc4)n3)c2)c1. The molecule has 0 bridgehead atoms. The summed E-state index contributed by atoms with van der Waals surface area (Å²) in [6, 6.07) is 13.5. The maximum atomic E-state index is 12.6. The van der Waals surface area contributed by atoms with Crippen molar-refractivity contribution in [2.45, 2.75) is 19.9 Å². The summed E-state index contributed by atoms with van der Waals surface area (Å²) in [5.74, 6) is 1.40. The van der Waals surface area contributed by atoms with Crippen LogP contribution in [0.3, 0.4) is 0 Å². The molecule has 37 heavy (non-hydrogen) atoms. The third kappa shape index (κ3) is 6.07. The molecule has 9 nitrogen and oxygen atoms in total. The summed E-state index contributed by atoms with van der Waals surface area (Å²) in [6.07, 6.45) is 8.55. The highest BCUT2D eigenvalue weighted by Crippen LogP contribution is 2.24. The number of carbonyl (C=O) groups is 1. The molecule has 0 aliphatic carbocycles. The molecule has 0 saturated carbocycles. The number of aryl methyl sites for hydroxylation is 1. The maximum absolute atomic E-state index is 12.6. The lowest BCUT2D eigenvalue weighted by Gasteiger charge is -2.27. The lowest BCUT2D eigenvalue weighted by Crippen LogP contribution is -2.36. The van der Waals surface area contributed by atoms with E-state index >= 15 is 0 Å². The van der Waals surface area contributed by atoms with E-state index in [2.05, 4.69) is 30.5 Å². The van der Waals surface area contributed by atoms with Gasteiger partial charge in [-0.15, -0.1) is 0 Å². The number of hydrogen-bond donors (Lipinski definition) is 2. The van der Waals surface area contributed by atoms with Gasteiger partial charge in [0.1, 0.15) is 11.6 Å². The van der Waals surface area contributed by atoms with Gasteiger partial charge in [0.15, 0.2) is 0 Å². The molecular weight excluding hydrogens is 466 g/mol. The fourth-order valence-corrected chi connectivity index (χ4v) is 4.16. The van der Waals surface area contributed by atoms with Crippen LogP contribution in [-0.2, 0) is 4.74 Å². The highest BCUT2D eigenvalue weighted by Gasteiger charge is 2.14. The van der Waals surface area contributed by atoms with Crippen LogP contribution < -0.4 is 15.5 Å². The van der Waals surface area contributed by atoms with E-state index in [0.717, 1.165) is 54.5 Å². The Labute approximate surface area is 216 Å². The first-order valence-electron chi connectivity index (χ1n) is 12.3. The van der Waals surface area contributed by atoms with E-state index in [4.69, 9.17) is 9.72 Å². The second-order valence-electron chi connectivity index (χ2n) is 8.99. The van der Waals surface area contributed by atoms with Crippen molar-refractivity contribution in [2.24, 2.45) is 0 Å². The Balaban J connectivity index is 1.25. The average Bonchev–Trinajstić information content (AvgIpc) is 2.94. The maximum Gasteiger partial charge on any atom is 0.257 e. The van der Waals surface area contributed by atoms with Crippen LogP contribution >= 0.6 is 0 Å². The van der Waals surface area contributed by atoms with Crippen LogP contribution in [0.1, 0.15) is 34.5 Å². The number of morpholine rings is 1. The molecule has 3 aromatic heterocycles. The Morgan fingerprint density at radius 3 is 2.62 bits per heavy atom. The number of amides is 1. The molecule has 9 heteroatoms. The minimum atomic E-state index is -0.194. The zero-order valence-corrected chi connectivity index (χ0v) is 20.9. The molecule has 2 N–H and O–H groups in total. The van der Waals surface area contributed by atoms with Crippen LogP contribution in [0.2, 0.25) is 0 Å². The van der Waals surface area contributed by atoms with Crippen molar-refractivity contribution < 1.29 is 9.53 Å². The van der Waals surface area contributed by atoms with E-state index in [1.807, 2.05) is 62.5 Å². The largest absolute Gasteiger partial charge is 0.378 e. The number of rotatable bonds is 7. The fourth-order valence-electron chi connectivity index (χ4n) is 4.16. The third-order valence-corrected chi connectivity index (χ3v) is 6.16. The predicted octanol–water partition coefficient (Wildman–Crippen LogP) is 4.50. The smallest absolute Gasteiger partial charge is 0.257 e. The number of benzene rings is 1. The van der Waals surface area contributed by atoms with Crippen molar-refractivity contribution in [1.29, 1.82) is 0 Å². The van der Waals surface area contributed by atoms with Crippen LogP contribution in [0.25, 0.3) is 11.3 Å². The van der Waals surface area contributed by atoms with Gasteiger partial charge >= 0.3 is 0 Å². The second kappa shape index (κ2) is 11.1. The number of hydrogen-bond acceptors (Lipinski definition) is 8. The number of aromatic nitrogens is 4. The van der Waals surface area contributed by atoms with Crippen molar-refractivity contribution in [1.82, 2.24) is 19.9 Å². The fraction of sp³-hybridized carbons (Fsp3) is 0.250. The van der Waals surface area contributed by atoms with E-state index in [9.17, 15) is 4.79 Å². The first-order chi connectivity index (χ1) is 18.0. The van der Waals surface area contributed by atoms with E-state index < -0.39 is 0 Å². The molecule has 0 spiro atoms. The monoisotopic (exact) mass is 495 g/mol. The van der Waals surface area contributed by atoms with Gasteiger partial charge in [-0.2, -0.15) is 0 Å². The van der Waals surface area contributed by atoms with Gasteiger partial charge in [0.2, 0.25) is 0 Å². The van der Waals surface area contributed by atoms with Crippen molar-refractivity contribution in [3.8, 4) is 11.3 Å². The molecule has 1 aliphatic heterocycles. The van der Waals surface area contributed by atoms with Crippen molar-refractivity contribution >= 4 is 23.2 Å². The summed E-state index contributed by atoms with van der Waals surface area (Å²) < 4.78 is 5.42. The van der Waals surface area contributed by atoms with Gasteiger partial charge in [-0.3, -0.25) is 14.8 Å². The molecule has 0 radical (unpaired) electrons. The summed E-state index contributed by atoms with van der Waals surface area (Å²) in [5, 5.41) is 6.36. The lowest BCUT2D eigenvalue weighted by molar-refractivity contribution is 0.102. The molecule has 1 atom stereocenters. The number of carbonyl (C=O) groups excluding carboxylic acids is 1. The standard InChI is InChI=1S/C28H29N7O2/c1-19-12-23(15-29-14-19)28(36)33-24-5-3-4-21(13-24)20(2)32-26-18-30-17-25(34-26)22-6-7-27(31-16-22)35-8-10-37-11-9-35/h3-7,12-18,20H,8-11H2,1-2H3,(H,32,34)(H,33,36)/t20-/m0/s1. The molecule has 1 aromatic carbocycles. The van der Waals surface area contributed by atoms with Crippen LogP contribution in [0.5, 0.6) is 0 Å². The molecule has 1 amide bonds. The quantitative estimate of drug-likeness (QED) is 0.386. The van der Waals surface area contributed by atoms with E-state index in [1.165, 1.54) is 0 Å². The topological polar surface area (TPSA) is 105 Å². The summed E-state index contributed by atoms with van der Waals surface area (Å²) in [5.41, 5.74) is 4.82. The number of nitrogens with one attached hydrogen (secondary N) is 2. The zero-order chi connectivity index (χ0) is 25.6. The number of nitrogens with zero attached hydrogens (tertiary/aromatic N) is 5. The number of anilines is 3. The van der Waals surface area contributed by atoms with Gasteiger partial charge in [0.05, 0.1) is 42.9 Å². The van der Waals surface area contributed by atoms with Gasteiger partial charge in [0, 0.05) is 42.9 Å². The van der Waals surface area contributed by atoms with Crippen molar-refractivity contribution in [3.63, 3.8) is 0 Å². The van der Waals surface area contributed by atoms with E-state index in [0.29, 0.717) is 17.1 Å². The summed E-state index contributed by atoms with van der Waals surface area (Å²) in [7, 11) is 0. The highest BCUT2D eigenvalue weighted by atomic mass is 16.5. The molecule has 1 fully saturated rings. The lowest BCUT2D eigenvalue weighted by atomic mass is 10.1. The van der Waals surface area contributed by atoms with Gasteiger partial charge in [-0.1, -0.05) is 12.1 Å². The molecule has 4 heterocycles. The van der Waals surface area contributed by atoms with E-state index in [1.54, 1.807) is 24.8 Å². The van der Waals surface area contributed by atoms with Gasteiger partial charge in [0.25, 0.3) is 5.91 Å². The van der Waals surface area contributed by atoms with Crippen LogP contribution in [0, 0.1) is 6.92 Å². The molecule has 1 aliphatic rings. The Hall–Kier alpha value is -4.37. The van der Waals surface area contributed by atoms with Crippen LogP contribution in [0.15, 0.2) is 73.4 Å². The third-order valence-electron chi connectivity index (χ3n) is 6.16. The minimum Gasteiger partial charge on any atom is -0.378 e. The highest BCUT2D eigenvalue weighted by molar-refractivity contribution is 6.04. The Morgan fingerprint density at radius 2 is 1.84 bits per heavy atom. The first-order valence-corrected chi connectivity index (χ1v) is 12.3. The first kappa shape index (κ1) is 24.3. The molecule has 5 rings (SSSR count). The van der Waals surface area contributed by atoms with Crippen LogP contribution in [-0.4, -0.2) is 52.1 Å². The summed E-state index contributed by atoms with van der Waals surface area (Å²) in [4.78, 5) is 32.7. The van der Waals surface area contributed by atoms with Gasteiger partial charge in [-0.25, -0.2) is 9.97 Å². The predicted molar refractivity (Wildman–Crippen MR) is 144 cm³/mol. The van der Waals surface area contributed by atoms with Crippen molar-refractivity contribution in [2.75, 3.05) is 41.8 Å². The Morgan fingerprint density at radius 1 is 1.00 bits per heavy atom. The Bertz CT molecular complexity index is 1370. The molecular formula is C28H29N7O2. The van der Waals surface area contributed by atoms with Gasteiger partial charge < -0.3 is 20.3 Å². The zero-order valence-electron chi connectivity index (χ0n) is 20.9. The summed E-state index contributed by atoms with van der Waals surface area (Å²) in [6.45, 7) is 7.08. The molecule has 188 valence electrons. The van der Waals surface area contributed by atoms with Gasteiger partial charge in [-0.05, 0) is 55.3 Å². The Kier molecular flexibility index (Phi) is 7.32. The molecule has 0 unspecified atom stereocenters. The molecule has 4 aromatic rings. The minimum absolute atomic E-state index is 0.0659. The normalized spacial score (nSPS) is 14.2. The summed E-state index contributed by atoms with van der Waals surface area (Å²) >= 11 is 0. The number of ether oxygens (including phenoxy) is 1. The number of pyridine rings is 2. The van der Waals surface area contributed by atoms with Crippen molar-refractivity contribution in [3.05, 3.63) is 90.1 Å². The van der Waals surface area contributed by atoms with Crippen LogP contribution in [0.4, 0.5) is 17.3 Å².